The van der Waals surface area contributed by atoms with Gasteiger partial charge in [-0.25, -0.2) is 9.78 Å². The van der Waals surface area contributed by atoms with Crippen molar-refractivity contribution in [3.63, 3.8) is 0 Å². The van der Waals surface area contributed by atoms with Crippen molar-refractivity contribution < 1.29 is 14.6 Å². The molecule has 0 radical (unpaired) electrons. The van der Waals surface area contributed by atoms with Crippen molar-refractivity contribution in [1.82, 2.24) is 4.98 Å². The minimum absolute atomic E-state index is 0.0909. The Morgan fingerprint density at radius 1 is 1.71 bits per heavy atom. The maximum atomic E-state index is 10.8. The summed E-state index contributed by atoms with van der Waals surface area (Å²) in [5, 5.41) is 9.58. The molecule has 0 aliphatic rings. The van der Waals surface area contributed by atoms with Crippen LogP contribution in [0.5, 0.6) is 0 Å². The monoisotopic (exact) mass is 215 g/mol. The van der Waals surface area contributed by atoms with Crippen LogP contribution in [0.2, 0.25) is 0 Å². The van der Waals surface area contributed by atoms with Gasteiger partial charge in [0.1, 0.15) is 16.0 Å². The first-order valence-electron chi connectivity index (χ1n) is 4.33. The van der Waals surface area contributed by atoms with Gasteiger partial charge in [-0.15, -0.1) is 11.3 Å². The average molecular weight is 215 g/mol. The fraction of sp³-hybridized carbons (Fsp3) is 0.556. The van der Waals surface area contributed by atoms with Crippen LogP contribution in [-0.4, -0.2) is 23.2 Å². The number of carboxylic acid groups (broad SMARTS) is 1. The number of hydrogen-bond donors (Lipinski definition) is 1. The Morgan fingerprint density at radius 3 is 2.71 bits per heavy atom. The van der Waals surface area contributed by atoms with Gasteiger partial charge < -0.3 is 9.84 Å². The van der Waals surface area contributed by atoms with Gasteiger partial charge in [0, 0.05) is 7.11 Å². The molecule has 5 heteroatoms. The highest BCUT2D eigenvalue weighted by Gasteiger charge is 2.18. The molecule has 0 fully saturated rings. The molecule has 1 heterocycles. The first-order valence-corrected chi connectivity index (χ1v) is 5.15. The quantitative estimate of drug-likeness (QED) is 0.836. The van der Waals surface area contributed by atoms with Crippen molar-refractivity contribution in [2.45, 2.75) is 26.4 Å². The van der Waals surface area contributed by atoms with Crippen molar-refractivity contribution in [3.8, 4) is 0 Å². The molecule has 14 heavy (non-hydrogen) atoms. The van der Waals surface area contributed by atoms with Crippen molar-refractivity contribution in [2.24, 2.45) is 0 Å². The van der Waals surface area contributed by atoms with E-state index in [-0.39, 0.29) is 6.10 Å². The van der Waals surface area contributed by atoms with Crippen molar-refractivity contribution in [2.75, 3.05) is 7.11 Å². The lowest BCUT2D eigenvalue weighted by Crippen LogP contribution is -1.98. The van der Waals surface area contributed by atoms with Crippen molar-refractivity contribution in [3.05, 3.63) is 15.6 Å². The van der Waals surface area contributed by atoms with Gasteiger partial charge in [0.25, 0.3) is 0 Å². The highest BCUT2D eigenvalue weighted by molar-refractivity contribution is 7.13. The van der Waals surface area contributed by atoms with Gasteiger partial charge >= 0.3 is 5.97 Å². The molecule has 4 nitrogen and oxygen atoms in total. The molecule has 78 valence electrons. The van der Waals surface area contributed by atoms with Crippen LogP contribution in [0, 0.1) is 6.92 Å². The second kappa shape index (κ2) is 4.52. The summed E-state index contributed by atoms with van der Waals surface area (Å²) < 4.78 is 5.19. The number of ether oxygens (including phenoxy) is 1. The van der Waals surface area contributed by atoms with Crippen molar-refractivity contribution in [1.29, 1.82) is 0 Å². The molecule has 0 aromatic carbocycles. The van der Waals surface area contributed by atoms with Gasteiger partial charge in [-0.1, -0.05) is 6.92 Å². The fourth-order valence-electron chi connectivity index (χ4n) is 1.20. The molecule has 0 spiro atoms. The third kappa shape index (κ3) is 2.10. The standard InChI is InChI=1S/C9H13NO3S/c1-4-6(13-3)8-10-5(2)7(14-8)9(11)12/h6H,4H2,1-3H3,(H,11,12). The summed E-state index contributed by atoms with van der Waals surface area (Å²) in [4.78, 5) is 15.3. The van der Waals surface area contributed by atoms with E-state index >= 15 is 0 Å². The van der Waals surface area contributed by atoms with Crippen LogP contribution >= 0.6 is 11.3 Å². The molecule has 1 aromatic heterocycles. The molecule has 0 aliphatic heterocycles. The molecule has 0 saturated carbocycles. The summed E-state index contributed by atoms with van der Waals surface area (Å²) in [7, 11) is 1.60. The highest BCUT2D eigenvalue weighted by atomic mass is 32.1. The molecule has 0 bridgehead atoms. The molecular weight excluding hydrogens is 202 g/mol. The number of methoxy groups -OCH3 is 1. The number of carboxylic acids is 1. The normalized spacial score (nSPS) is 12.8. The Bertz CT molecular complexity index is 331. The van der Waals surface area contributed by atoms with Gasteiger partial charge in [-0.05, 0) is 13.3 Å². The lowest BCUT2D eigenvalue weighted by Gasteiger charge is -2.07. The van der Waals surface area contributed by atoms with Crippen LogP contribution in [0.4, 0.5) is 0 Å². The summed E-state index contributed by atoms with van der Waals surface area (Å²) in [6, 6.07) is 0. The van der Waals surface area contributed by atoms with Gasteiger partial charge in [0.15, 0.2) is 0 Å². The van der Waals surface area contributed by atoms with Crippen LogP contribution in [-0.2, 0) is 4.74 Å². The molecule has 1 rings (SSSR count). The molecule has 1 aromatic rings. The predicted molar refractivity (Wildman–Crippen MR) is 53.9 cm³/mol. The number of aromatic nitrogens is 1. The Balaban J connectivity index is 3.01. The Morgan fingerprint density at radius 2 is 2.36 bits per heavy atom. The molecule has 1 unspecified atom stereocenters. The number of thiazole rings is 1. The Kier molecular flexibility index (Phi) is 3.60. The smallest absolute Gasteiger partial charge is 0.347 e. The molecular formula is C9H13NO3S. The van der Waals surface area contributed by atoms with Crippen LogP contribution < -0.4 is 0 Å². The van der Waals surface area contributed by atoms with Gasteiger partial charge in [-0.3, -0.25) is 0 Å². The number of nitrogens with zero attached hydrogens (tertiary/aromatic N) is 1. The van der Waals surface area contributed by atoms with E-state index in [1.807, 2.05) is 6.92 Å². The molecule has 1 N–H and O–H groups in total. The largest absolute Gasteiger partial charge is 0.477 e. The zero-order valence-electron chi connectivity index (χ0n) is 8.40. The van der Waals surface area contributed by atoms with Crippen LogP contribution in [0.1, 0.15) is 39.8 Å². The molecule has 0 aliphatic carbocycles. The maximum absolute atomic E-state index is 10.8. The lowest BCUT2D eigenvalue weighted by atomic mass is 10.3. The van der Waals surface area contributed by atoms with E-state index in [1.54, 1.807) is 14.0 Å². The number of hydrogen-bond acceptors (Lipinski definition) is 4. The first kappa shape index (κ1) is 11.1. The summed E-state index contributed by atoms with van der Waals surface area (Å²) in [5.74, 6) is -0.919. The second-order valence-corrected chi connectivity index (χ2v) is 3.94. The average Bonchev–Trinajstić information content (AvgIpc) is 2.50. The third-order valence-corrected chi connectivity index (χ3v) is 3.18. The SMILES string of the molecule is CCC(OC)c1nc(C)c(C(=O)O)s1. The fourth-order valence-corrected chi connectivity index (χ4v) is 2.26. The summed E-state index contributed by atoms with van der Waals surface area (Å²) in [5.41, 5.74) is 0.563. The zero-order chi connectivity index (χ0) is 10.7. The van der Waals surface area contributed by atoms with Gasteiger partial charge in [0.05, 0.1) is 5.69 Å². The maximum Gasteiger partial charge on any atom is 0.347 e. The number of rotatable bonds is 4. The van der Waals surface area contributed by atoms with E-state index in [9.17, 15) is 4.79 Å². The van der Waals surface area contributed by atoms with Crippen LogP contribution in [0.15, 0.2) is 0 Å². The summed E-state index contributed by atoms with van der Waals surface area (Å²) >= 11 is 1.19. The van der Waals surface area contributed by atoms with Gasteiger partial charge in [0.2, 0.25) is 0 Å². The Labute approximate surface area is 86.6 Å². The summed E-state index contributed by atoms with van der Waals surface area (Å²) in [6.45, 7) is 3.68. The van der Waals surface area contributed by atoms with E-state index in [2.05, 4.69) is 4.98 Å². The van der Waals surface area contributed by atoms with Crippen molar-refractivity contribution >= 4 is 17.3 Å². The van der Waals surface area contributed by atoms with Crippen LogP contribution in [0.25, 0.3) is 0 Å². The molecule has 0 saturated heterocycles. The third-order valence-electron chi connectivity index (χ3n) is 1.94. The van der Waals surface area contributed by atoms with Gasteiger partial charge in [-0.2, -0.15) is 0 Å². The number of aromatic carboxylic acids is 1. The lowest BCUT2D eigenvalue weighted by molar-refractivity contribution is 0.0701. The van der Waals surface area contributed by atoms with E-state index < -0.39 is 5.97 Å². The van der Waals surface area contributed by atoms with Crippen LogP contribution in [0.3, 0.4) is 0 Å². The second-order valence-electron chi connectivity index (χ2n) is 2.90. The number of aryl methyl sites for hydroxylation is 1. The van der Waals surface area contributed by atoms with E-state index in [1.165, 1.54) is 11.3 Å². The number of carbonyl (C=O) groups is 1. The van der Waals surface area contributed by atoms with E-state index in [0.717, 1.165) is 11.4 Å². The Hall–Kier alpha value is -0.940. The summed E-state index contributed by atoms with van der Waals surface area (Å²) in [6.07, 6.45) is 0.703. The predicted octanol–water partition coefficient (Wildman–Crippen LogP) is 2.25. The molecule has 1 atom stereocenters. The van der Waals surface area contributed by atoms with E-state index in [0.29, 0.717) is 10.6 Å². The minimum atomic E-state index is -0.919. The topological polar surface area (TPSA) is 59.4 Å². The minimum Gasteiger partial charge on any atom is -0.477 e. The first-order chi connectivity index (χ1) is 6.60. The van der Waals surface area contributed by atoms with E-state index in [4.69, 9.17) is 9.84 Å². The highest BCUT2D eigenvalue weighted by Crippen LogP contribution is 2.27. The zero-order valence-corrected chi connectivity index (χ0v) is 9.22. The molecule has 0 amide bonds.